The fraction of sp³-hybridized carbons (Fsp3) is 0.600. The summed E-state index contributed by atoms with van der Waals surface area (Å²) in [6.45, 7) is 0.960. The number of carbonyl (C=O) groups is 1. The van der Waals surface area contributed by atoms with Crippen LogP contribution in [-0.2, 0) is 17.3 Å². The number of nitrogens with two attached hydrogens (primary N) is 1. The molecule has 0 saturated carbocycles. The molecule has 0 radical (unpaired) electrons. The molecule has 8 nitrogen and oxygen atoms in total. The van der Waals surface area contributed by atoms with Gasteiger partial charge in [0.1, 0.15) is 5.56 Å². The van der Waals surface area contributed by atoms with E-state index >= 15 is 0 Å². The third-order valence-electron chi connectivity index (χ3n) is 2.97. The molecule has 0 spiro atoms. The Morgan fingerprint density at radius 2 is 2.00 bits per heavy atom. The SMILES string of the molecule is Cn1cc(C(N)=O)c(NS(=O)(=O)N2CCCCC2)n1. The van der Waals surface area contributed by atoms with E-state index < -0.39 is 16.1 Å². The maximum atomic E-state index is 12.2. The van der Waals surface area contributed by atoms with E-state index in [1.165, 1.54) is 15.2 Å². The maximum absolute atomic E-state index is 12.2. The second kappa shape index (κ2) is 5.17. The first-order chi connectivity index (χ1) is 8.90. The van der Waals surface area contributed by atoms with Gasteiger partial charge in [-0.05, 0) is 12.8 Å². The molecule has 1 aromatic heterocycles. The Bertz CT molecular complexity index is 574. The van der Waals surface area contributed by atoms with Crippen molar-refractivity contribution < 1.29 is 13.2 Å². The lowest BCUT2D eigenvalue weighted by Crippen LogP contribution is -2.39. The number of rotatable bonds is 4. The zero-order valence-corrected chi connectivity index (χ0v) is 11.5. The normalized spacial score (nSPS) is 17.3. The van der Waals surface area contributed by atoms with E-state index in [1.807, 2.05) is 0 Å². The van der Waals surface area contributed by atoms with Gasteiger partial charge in [-0.15, -0.1) is 0 Å². The monoisotopic (exact) mass is 287 g/mol. The average molecular weight is 287 g/mol. The number of amides is 1. The minimum absolute atomic E-state index is 0.0272. The lowest BCUT2D eigenvalue weighted by atomic mass is 10.2. The second-order valence-corrected chi connectivity index (χ2v) is 6.17. The maximum Gasteiger partial charge on any atom is 0.302 e. The lowest BCUT2D eigenvalue weighted by molar-refractivity contribution is 0.100. The number of piperidine rings is 1. The van der Waals surface area contributed by atoms with Gasteiger partial charge < -0.3 is 5.73 Å². The molecule has 0 unspecified atom stereocenters. The molecule has 0 atom stereocenters. The van der Waals surface area contributed by atoms with Gasteiger partial charge in [0.2, 0.25) is 0 Å². The van der Waals surface area contributed by atoms with Crippen LogP contribution in [0.3, 0.4) is 0 Å². The summed E-state index contributed by atoms with van der Waals surface area (Å²) in [5.41, 5.74) is 5.24. The largest absolute Gasteiger partial charge is 0.365 e. The van der Waals surface area contributed by atoms with Crippen molar-refractivity contribution in [1.82, 2.24) is 14.1 Å². The molecular formula is C10H17N5O3S. The van der Waals surface area contributed by atoms with Crippen LogP contribution in [0, 0.1) is 0 Å². The third kappa shape index (κ3) is 3.04. The third-order valence-corrected chi connectivity index (χ3v) is 4.47. The Labute approximate surface area is 111 Å². The van der Waals surface area contributed by atoms with E-state index in [-0.39, 0.29) is 11.4 Å². The van der Waals surface area contributed by atoms with Crippen LogP contribution in [-0.4, -0.2) is 41.5 Å². The molecule has 0 bridgehead atoms. The van der Waals surface area contributed by atoms with E-state index in [2.05, 4.69) is 9.82 Å². The Morgan fingerprint density at radius 3 is 2.58 bits per heavy atom. The van der Waals surface area contributed by atoms with Crippen molar-refractivity contribution in [3.8, 4) is 0 Å². The molecule has 2 heterocycles. The number of hydrogen-bond acceptors (Lipinski definition) is 4. The number of nitrogens with one attached hydrogen (secondary N) is 1. The van der Waals surface area contributed by atoms with Crippen molar-refractivity contribution in [2.45, 2.75) is 19.3 Å². The van der Waals surface area contributed by atoms with Crippen molar-refractivity contribution >= 4 is 21.9 Å². The van der Waals surface area contributed by atoms with E-state index in [0.717, 1.165) is 19.3 Å². The Balaban J connectivity index is 2.22. The fourth-order valence-corrected chi connectivity index (χ4v) is 3.30. The number of hydrogen-bond donors (Lipinski definition) is 2. The highest BCUT2D eigenvalue weighted by Crippen LogP contribution is 2.18. The number of aryl methyl sites for hydroxylation is 1. The van der Waals surface area contributed by atoms with E-state index in [1.54, 1.807) is 7.05 Å². The van der Waals surface area contributed by atoms with Gasteiger partial charge in [0.15, 0.2) is 5.82 Å². The molecule has 1 aliphatic rings. The smallest absolute Gasteiger partial charge is 0.302 e. The minimum Gasteiger partial charge on any atom is -0.365 e. The summed E-state index contributed by atoms with van der Waals surface area (Å²) in [6, 6.07) is 0. The van der Waals surface area contributed by atoms with Crippen LogP contribution >= 0.6 is 0 Å². The fourth-order valence-electron chi connectivity index (χ4n) is 2.04. The van der Waals surface area contributed by atoms with Gasteiger partial charge in [-0.3, -0.25) is 14.2 Å². The molecule has 3 N–H and O–H groups in total. The molecule has 2 rings (SSSR count). The molecule has 1 amide bonds. The minimum atomic E-state index is -3.68. The number of anilines is 1. The van der Waals surface area contributed by atoms with Gasteiger partial charge in [-0.2, -0.15) is 17.8 Å². The molecule has 1 aliphatic heterocycles. The quantitative estimate of drug-likeness (QED) is 0.789. The van der Waals surface area contributed by atoms with Crippen LogP contribution in [0.2, 0.25) is 0 Å². The van der Waals surface area contributed by atoms with Crippen molar-refractivity contribution in [1.29, 1.82) is 0 Å². The molecule has 19 heavy (non-hydrogen) atoms. The molecule has 0 aromatic carbocycles. The van der Waals surface area contributed by atoms with Crippen molar-refractivity contribution in [3.05, 3.63) is 11.8 Å². The zero-order valence-electron chi connectivity index (χ0n) is 10.7. The highest BCUT2D eigenvalue weighted by molar-refractivity contribution is 7.90. The van der Waals surface area contributed by atoms with E-state index in [4.69, 9.17) is 5.73 Å². The van der Waals surface area contributed by atoms with Crippen LogP contribution in [0.15, 0.2) is 6.20 Å². The number of carbonyl (C=O) groups excluding carboxylic acids is 1. The van der Waals surface area contributed by atoms with E-state index in [0.29, 0.717) is 13.1 Å². The Kier molecular flexibility index (Phi) is 3.76. The molecular weight excluding hydrogens is 270 g/mol. The van der Waals surface area contributed by atoms with Gasteiger partial charge in [-0.1, -0.05) is 6.42 Å². The van der Waals surface area contributed by atoms with Gasteiger partial charge in [-0.25, -0.2) is 0 Å². The number of primary amides is 1. The Hall–Kier alpha value is -1.61. The molecule has 0 aliphatic carbocycles. The highest BCUT2D eigenvalue weighted by atomic mass is 32.2. The molecule has 1 saturated heterocycles. The topological polar surface area (TPSA) is 110 Å². The van der Waals surface area contributed by atoms with E-state index in [9.17, 15) is 13.2 Å². The summed E-state index contributed by atoms with van der Waals surface area (Å²) < 4.78 is 29.3. The number of nitrogens with zero attached hydrogens (tertiary/aromatic N) is 3. The van der Waals surface area contributed by atoms with Crippen LogP contribution in [0.4, 0.5) is 5.82 Å². The van der Waals surface area contributed by atoms with Crippen LogP contribution in [0.25, 0.3) is 0 Å². The van der Waals surface area contributed by atoms with Gasteiger partial charge in [0.25, 0.3) is 5.91 Å². The number of aromatic nitrogens is 2. The van der Waals surface area contributed by atoms with Gasteiger partial charge >= 0.3 is 10.2 Å². The first-order valence-corrected chi connectivity index (χ1v) is 7.45. The Morgan fingerprint density at radius 1 is 1.37 bits per heavy atom. The van der Waals surface area contributed by atoms with Crippen LogP contribution < -0.4 is 10.5 Å². The summed E-state index contributed by atoms with van der Waals surface area (Å²) in [7, 11) is -2.09. The molecule has 9 heteroatoms. The predicted octanol–water partition coefficient (Wildman–Crippen LogP) is -0.338. The van der Waals surface area contributed by atoms with Crippen LogP contribution in [0.1, 0.15) is 29.6 Å². The standard InChI is InChI=1S/C10H17N5O3S/c1-14-7-8(9(11)16)10(12-14)13-19(17,18)15-5-3-2-4-6-15/h7H,2-6H2,1H3,(H2,11,16)(H,12,13). The van der Waals surface area contributed by atoms with Gasteiger partial charge in [0.05, 0.1) is 0 Å². The lowest BCUT2D eigenvalue weighted by Gasteiger charge is -2.25. The first kappa shape index (κ1) is 13.8. The van der Waals surface area contributed by atoms with Crippen molar-refractivity contribution in [3.63, 3.8) is 0 Å². The summed E-state index contributed by atoms with van der Waals surface area (Å²) in [4.78, 5) is 11.2. The van der Waals surface area contributed by atoms with Gasteiger partial charge in [0, 0.05) is 26.3 Å². The molecule has 106 valence electrons. The molecule has 1 fully saturated rings. The highest BCUT2D eigenvalue weighted by Gasteiger charge is 2.26. The molecule has 1 aromatic rings. The summed E-state index contributed by atoms with van der Waals surface area (Å²) >= 11 is 0. The van der Waals surface area contributed by atoms with Crippen molar-refractivity contribution in [2.75, 3.05) is 17.8 Å². The summed E-state index contributed by atoms with van der Waals surface area (Å²) in [5, 5.41) is 3.91. The summed E-state index contributed by atoms with van der Waals surface area (Å²) in [5.74, 6) is -0.745. The van der Waals surface area contributed by atoms with Crippen molar-refractivity contribution in [2.24, 2.45) is 12.8 Å². The zero-order chi connectivity index (χ0) is 14.0. The average Bonchev–Trinajstić information content (AvgIpc) is 2.71. The second-order valence-electron chi connectivity index (χ2n) is 4.50. The predicted molar refractivity (Wildman–Crippen MR) is 69.7 cm³/mol. The summed E-state index contributed by atoms with van der Waals surface area (Å²) in [6.07, 6.45) is 4.09. The first-order valence-electron chi connectivity index (χ1n) is 6.01. The van der Waals surface area contributed by atoms with Crippen LogP contribution in [0.5, 0.6) is 0 Å².